The molecule has 156 valence electrons. The number of halogens is 1. The first kappa shape index (κ1) is 20.3. The summed E-state index contributed by atoms with van der Waals surface area (Å²) in [5.41, 5.74) is 4.01. The second kappa shape index (κ2) is 8.03. The average molecular weight is 407 g/mol. The molecule has 6 heteroatoms. The molecule has 0 bridgehead atoms. The SMILES string of the molecule is Cc1ccc(C2=C(N3CCN(C)CC3)C(=O)N(Cc3ccccc3F)C2=O)c(C)c1. The number of hydrogen-bond acceptors (Lipinski definition) is 4. The Labute approximate surface area is 176 Å². The number of carbonyl (C=O) groups excluding carboxylic acids is 2. The zero-order chi connectivity index (χ0) is 21.4. The highest BCUT2D eigenvalue weighted by molar-refractivity contribution is 6.35. The van der Waals surface area contributed by atoms with E-state index >= 15 is 0 Å². The Kier molecular flexibility index (Phi) is 5.43. The van der Waals surface area contributed by atoms with Crippen LogP contribution in [0.1, 0.15) is 22.3 Å². The van der Waals surface area contributed by atoms with Gasteiger partial charge in [0.25, 0.3) is 11.8 Å². The highest BCUT2D eigenvalue weighted by Gasteiger charge is 2.42. The number of imide groups is 1. The Bertz CT molecular complexity index is 1040. The van der Waals surface area contributed by atoms with Crippen LogP contribution in [0.2, 0.25) is 0 Å². The molecule has 4 rings (SSSR count). The lowest BCUT2D eigenvalue weighted by molar-refractivity contribution is -0.138. The molecule has 1 saturated heterocycles. The third-order valence-corrected chi connectivity index (χ3v) is 5.90. The second-order valence-corrected chi connectivity index (χ2v) is 8.12. The topological polar surface area (TPSA) is 43.9 Å². The summed E-state index contributed by atoms with van der Waals surface area (Å²) in [5.74, 6) is -1.12. The number of benzene rings is 2. The summed E-state index contributed by atoms with van der Waals surface area (Å²) < 4.78 is 14.2. The van der Waals surface area contributed by atoms with Crippen molar-refractivity contribution in [3.05, 3.63) is 76.2 Å². The monoisotopic (exact) mass is 407 g/mol. The number of amides is 2. The summed E-state index contributed by atoms with van der Waals surface area (Å²) in [6, 6.07) is 12.1. The van der Waals surface area contributed by atoms with Crippen LogP contribution >= 0.6 is 0 Å². The largest absolute Gasteiger partial charge is 0.364 e. The molecule has 2 aliphatic rings. The summed E-state index contributed by atoms with van der Waals surface area (Å²) in [6.07, 6.45) is 0. The number of rotatable bonds is 4. The minimum Gasteiger partial charge on any atom is -0.364 e. The van der Waals surface area contributed by atoms with Crippen LogP contribution in [-0.4, -0.2) is 59.7 Å². The van der Waals surface area contributed by atoms with Gasteiger partial charge < -0.3 is 9.80 Å². The van der Waals surface area contributed by atoms with Gasteiger partial charge in [-0.3, -0.25) is 14.5 Å². The number of hydrogen-bond donors (Lipinski definition) is 0. The Hall–Kier alpha value is -2.99. The predicted molar refractivity (Wildman–Crippen MR) is 114 cm³/mol. The van der Waals surface area contributed by atoms with Crippen molar-refractivity contribution in [1.82, 2.24) is 14.7 Å². The molecule has 2 aliphatic heterocycles. The zero-order valence-corrected chi connectivity index (χ0v) is 17.6. The standard InChI is InChI=1S/C24H26FN3O2/c1-16-8-9-19(17(2)14-16)21-22(27-12-10-26(3)11-13-27)24(30)28(23(21)29)15-18-6-4-5-7-20(18)25/h4-9,14H,10-13,15H2,1-3H3. The molecule has 2 amide bonds. The van der Waals surface area contributed by atoms with Crippen molar-refractivity contribution < 1.29 is 14.0 Å². The maximum Gasteiger partial charge on any atom is 0.278 e. The molecule has 2 aromatic carbocycles. The van der Waals surface area contributed by atoms with Gasteiger partial charge in [0.05, 0.1) is 12.1 Å². The molecule has 5 nitrogen and oxygen atoms in total. The summed E-state index contributed by atoms with van der Waals surface area (Å²) in [7, 11) is 2.04. The minimum atomic E-state index is -0.417. The molecule has 0 saturated carbocycles. The lowest BCUT2D eigenvalue weighted by atomic mass is 9.97. The number of likely N-dealkylation sites (N-methyl/N-ethyl adjacent to an activating group) is 1. The predicted octanol–water partition coefficient (Wildman–Crippen LogP) is 2.97. The van der Waals surface area contributed by atoms with Crippen molar-refractivity contribution >= 4 is 17.4 Å². The van der Waals surface area contributed by atoms with E-state index in [-0.39, 0.29) is 18.4 Å². The molecule has 1 fully saturated rings. The van der Waals surface area contributed by atoms with E-state index in [1.54, 1.807) is 18.2 Å². The lowest BCUT2D eigenvalue weighted by Gasteiger charge is -2.34. The van der Waals surface area contributed by atoms with Crippen LogP contribution in [0.5, 0.6) is 0 Å². The van der Waals surface area contributed by atoms with E-state index in [1.165, 1.54) is 11.0 Å². The van der Waals surface area contributed by atoms with E-state index in [1.807, 2.05) is 44.0 Å². The minimum absolute atomic E-state index is 0.0734. The van der Waals surface area contributed by atoms with Gasteiger partial charge in [-0.25, -0.2) is 4.39 Å². The number of aryl methyl sites for hydroxylation is 2. The quantitative estimate of drug-likeness (QED) is 0.731. The van der Waals surface area contributed by atoms with Crippen molar-refractivity contribution in [3.8, 4) is 0 Å². The smallest absolute Gasteiger partial charge is 0.278 e. The summed E-state index contributed by atoms with van der Waals surface area (Å²) in [4.78, 5) is 32.3. The van der Waals surface area contributed by atoms with E-state index in [0.29, 0.717) is 29.9 Å². The molecule has 0 spiro atoms. The van der Waals surface area contributed by atoms with E-state index < -0.39 is 5.82 Å². The average Bonchev–Trinajstić information content (AvgIpc) is 2.95. The van der Waals surface area contributed by atoms with Gasteiger partial charge in [-0.2, -0.15) is 0 Å². The Morgan fingerprint density at radius 1 is 0.933 bits per heavy atom. The van der Waals surface area contributed by atoms with Crippen LogP contribution in [0.3, 0.4) is 0 Å². The maximum atomic E-state index is 14.2. The molecule has 0 atom stereocenters. The molecule has 2 aromatic rings. The van der Waals surface area contributed by atoms with Crippen LogP contribution in [0, 0.1) is 19.7 Å². The first-order valence-corrected chi connectivity index (χ1v) is 10.2. The molecule has 2 heterocycles. The lowest BCUT2D eigenvalue weighted by Crippen LogP contribution is -2.46. The summed E-state index contributed by atoms with van der Waals surface area (Å²) >= 11 is 0. The maximum absolute atomic E-state index is 14.2. The van der Waals surface area contributed by atoms with Crippen molar-refractivity contribution in [3.63, 3.8) is 0 Å². The highest BCUT2D eigenvalue weighted by Crippen LogP contribution is 2.35. The van der Waals surface area contributed by atoms with E-state index in [2.05, 4.69) is 4.90 Å². The second-order valence-electron chi connectivity index (χ2n) is 8.12. The Morgan fingerprint density at radius 3 is 2.30 bits per heavy atom. The Balaban J connectivity index is 1.77. The van der Waals surface area contributed by atoms with Gasteiger partial charge in [0.2, 0.25) is 0 Å². The normalized spacial score (nSPS) is 18.0. The van der Waals surface area contributed by atoms with Gasteiger partial charge in [-0.1, -0.05) is 42.0 Å². The molecule has 0 radical (unpaired) electrons. The van der Waals surface area contributed by atoms with Crippen LogP contribution in [0.4, 0.5) is 4.39 Å². The van der Waals surface area contributed by atoms with Gasteiger partial charge in [0.15, 0.2) is 0 Å². The fourth-order valence-electron chi connectivity index (χ4n) is 4.16. The fourth-order valence-corrected chi connectivity index (χ4v) is 4.16. The highest BCUT2D eigenvalue weighted by atomic mass is 19.1. The van der Waals surface area contributed by atoms with Crippen molar-refractivity contribution in [1.29, 1.82) is 0 Å². The van der Waals surface area contributed by atoms with Crippen molar-refractivity contribution in [2.45, 2.75) is 20.4 Å². The van der Waals surface area contributed by atoms with Crippen molar-refractivity contribution in [2.24, 2.45) is 0 Å². The van der Waals surface area contributed by atoms with Crippen molar-refractivity contribution in [2.75, 3.05) is 33.2 Å². The summed E-state index contributed by atoms with van der Waals surface area (Å²) in [6.45, 7) is 6.86. The molecular formula is C24H26FN3O2. The van der Waals surface area contributed by atoms with Crippen LogP contribution in [0.15, 0.2) is 48.2 Å². The van der Waals surface area contributed by atoms with Gasteiger partial charge >= 0.3 is 0 Å². The molecule has 0 unspecified atom stereocenters. The van der Waals surface area contributed by atoms with Gasteiger partial charge in [-0.15, -0.1) is 0 Å². The number of nitrogens with zero attached hydrogens (tertiary/aromatic N) is 3. The third kappa shape index (κ3) is 3.63. The first-order valence-electron chi connectivity index (χ1n) is 10.2. The molecule has 0 aliphatic carbocycles. The van der Waals surface area contributed by atoms with Gasteiger partial charge in [0, 0.05) is 31.7 Å². The first-order chi connectivity index (χ1) is 14.4. The van der Waals surface area contributed by atoms with E-state index in [4.69, 9.17) is 0 Å². The summed E-state index contributed by atoms with van der Waals surface area (Å²) in [5, 5.41) is 0. The molecule has 0 N–H and O–H groups in total. The molecule has 30 heavy (non-hydrogen) atoms. The number of piperazine rings is 1. The third-order valence-electron chi connectivity index (χ3n) is 5.90. The van der Waals surface area contributed by atoms with Crippen LogP contribution in [-0.2, 0) is 16.1 Å². The Morgan fingerprint density at radius 2 is 1.63 bits per heavy atom. The van der Waals surface area contributed by atoms with E-state index in [9.17, 15) is 14.0 Å². The fraction of sp³-hybridized carbons (Fsp3) is 0.333. The van der Waals surface area contributed by atoms with Gasteiger partial charge in [-0.05, 0) is 38.1 Å². The van der Waals surface area contributed by atoms with E-state index in [0.717, 1.165) is 29.8 Å². The van der Waals surface area contributed by atoms with Gasteiger partial charge in [0.1, 0.15) is 11.5 Å². The molecular weight excluding hydrogens is 381 g/mol. The zero-order valence-electron chi connectivity index (χ0n) is 17.6. The molecule has 0 aromatic heterocycles. The number of carbonyl (C=O) groups is 2. The van der Waals surface area contributed by atoms with Crippen LogP contribution < -0.4 is 0 Å². The van der Waals surface area contributed by atoms with Crippen LogP contribution in [0.25, 0.3) is 5.57 Å².